The molecule has 0 bridgehead atoms. The van der Waals surface area contributed by atoms with Gasteiger partial charge in [0.25, 0.3) is 5.91 Å². The quantitative estimate of drug-likeness (QED) is 0.143. The summed E-state index contributed by atoms with van der Waals surface area (Å²) in [6.07, 6.45) is 4.39. The van der Waals surface area contributed by atoms with Gasteiger partial charge >= 0.3 is 6.03 Å². The van der Waals surface area contributed by atoms with Crippen molar-refractivity contribution >= 4 is 41.4 Å². The number of urea groups is 1. The number of rotatable bonds is 18. The van der Waals surface area contributed by atoms with Gasteiger partial charge in [-0.1, -0.05) is 73.7 Å². The van der Waals surface area contributed by atoms with E-state index in [0.29, 0.717) is 38.2 Å². The zero-order valence-electron chi connectivity index (χ0n) is 27.3. The molecule has 1 fully saturated rings. The minimum atomic E-state index is -0.959. The Morgan fingerprint density at radius 3 is 2.09 bits per heavy atom. The minimum Gasteiger partial charge on any atom is -0.481 e. The van der Waals surface area contributed by atoms with Gasteiger partial charge in [0.15, 0.2) is 6.61 Å². The standard InChI is InChI=1S/C36H46N4O5S2/c1-25(23-40-18-17-37-36(40)44)19-33(42)38-28(20-26-11-6-4-7-12-26)22-30(41)29(21-27-13-8-5-9-14-27)39-34(43)24-45-35-31(46-2)15-10-16-32(35)47-3/h4-16,25,28-30,41H,17-24H2,1-3H3,(H,37,44)(H,38,42)(H,39,43)/t25?,28-,29-,30-/m0/s1. The van der Waals surface area contributed by atoms with Gasteiger partial charge in [-0.15, -0.1) is 23.5 Å². The van der Waals surface area contributed by atoms with Crippen molar-refractivity contribution in [2.75, 3.05) is 38.8 Å². The van der Waals surface area contributed by atoms with E-state index in [1.807, 2.05) is 98.3 Å². The zero-order valence-corrected chi connectivity index (χ0v) is 28.9. The molecular formula is C36H46N4O5S2. The van der Waals surface area contributed by atoms with Crippen molar-refractivity contribution in [3.8, 4) is 5.75 Å². The molecule has 4 N–H and O–H groups in total. The number of para-hydroxylation sites is 1. The molecule has 4 amide bonds. The molecule has 0 radical (unpaired) electrons. The van der Waals surface area contributed by atoms with E-state index in [9.17, 15) is 19.5 Å². The molecule has 0 aromatic heterocycles. The zero-order chi connectivity index (χ0) is 33.6. The first-order valence-corrected chi connectivity index (χ1v) is 18.4. The molecule has 4 rings (SSSR count). The number of amides is 4. The lowest BCUT2D eigenvalue weighted by Crippen LogP contribution is -2.49. The van der Waals surface area contributed by atoms with Gasteiger partial charge in [-0.05, 0) is 61.0 Å². The fourth-order valence-corrected chi connectivity index (χ4v) is 6.98. The van der Waals surface area contributed by atoms with E-state index >= 15 is 0 Å². The molecule has 3 aromatic rings. The number of nitrogens with zero attached hydrogens (tertiary/aromatic N) is 1. The number of ether oxygens (including phenoxy) is 1. The molecule has 4 atom stereocenters. The molecule has 1 heterocycles. The third kappa shape index (κ3) is 11.5. The average Bonchev–Trinajstić information content (AvgIpc) is 3.47. The van der Waals surface area contributed by atoms with Crippen LogP contribution in [0.25, 0.3) is 0 Å². The SMILES string of the molecule is CSc1cccc(SC)c1OCC(=O)N[C@@H](Cc1ccccc1)[C@@H](O)C[C@H](Cc1ccccc1)NC(=O)CC(C)CN1CCNC1=O. The second-order valence-corrected chi connectivity index (χ2v) is 13.6. The van der Waals surface area contributed by atoms with E-state index in [2.05, 4.69) is 16.0 Å². The molecule has 47 heavy (non-hydrogen) atoms. The highest BCUT2D eigenvalue weighted by molar-refractivity contribution is 7.99. The molecule has 1 saturated heterocycles. The predicted molar refractivity (Wildman–Crippen MR) is 189 cm³/mol. The summed E-state index contributed by atoms with van der Waals surface area (Å²) in [7, 11) is 0. The van der Waals surface area contributed by atoms with Crippen LogP contribution in [0.5, 0.6) is 5.75 Å². The number of aliphatic hydroxyl groups is 1. The van der Waals surface area contributed by atoms with Crippen molar-refractivity contribution in [2.24, 2.45) is 5.92 Å². The summed E-state index contributed by atoms with van der Waals surface area (Å²) in [4.78, 5) is 42.2. The van der Waals surface area contributed by atoms with Gasteiger partial charge in [0.1, 0.15) is 5.75 Å². The number of hydrogen-bond acceptors (Lipinski definition) is 7. The van der Waals surface area contributed by atoms with Gasteiger partial charge in [-0.25, -0.2) is 4.79 Å². The maximum Gasteiger partial charge on any atom is 0.317 e. The summed E-state index contributed by atoms with van der Waals surface area (Å²) >= 11 is 3.11. The monoisotopic (exact) mass is 678 g/mol. The molecule has 0 aliphatic carbocycles. The van der Waals surface area contributed by atoms with Gasteiger partial charge in [0.2, 0.25) is 5.91 Å². The third-order valence-electron chi connectivity index (χ3n) is 8.07. The van der Waals surface area contributed by atoms with E-state index < -0.39 is 12.1 Å². The van der Waals surface area contributed by atoms with Gasteiger partial charge < -0.3 is 30.7 Å². The lowest BCUT2D eigenvalue weighted by Gasteiger charge is -2.29. The van der Waals surface area contributed by atoms with E-state index in [-0.39, 0.29) is 49.3 Å². The lowest BCUT2D eigenvalue weighted by atomic mass is 9.93. The fourth-order valence-electron chi connectivity index (χ4n) is 5.77. The summed E-state index contributed by atoms with van der Waals surface area (Å²) in [5.74, 6) is 0.165. The summed E-state index contributed by atoms with van der Waals surface area (Å²) in [6, 6.07) is 24.3. The van der Waals surface area contributed by atoms with E-state index in [1.165, 1.54) is 0 Å². The predicted octanol–water partition coefficient (Wildman–Crippen LogP) is 4.77. The Morgan fingerprint density at radius 2 is 1.51 bits per heavy atom. The Balaban J connectivity index is 1.45. The van der Waals surface area contributed by atoms with Crippen molar-refractivity contribution in [1.82, 2.24) is 20.9 Å². The van der Waals surface area contributed by atoms with E-state index in [4.69, 9.17) is 4.74 Å². The van der Waals surface area contributed by atoms with Crippen molar-refractivity contribution in [2.45, 2.75) is 60.6 Å². The van der Waals surface area contributed by atoms with Gasteiger partial charge in [-0.2, -0.15) is 0 Å². The van der Waals surface area contributed by atoms with E-state index in [1.54, 1.807) is 28.4 Å². The van der Waals surface area contributed by atoms with Gasteiger partial charge in [-0.3, -0.25) is 9.59 Å². The molecule has 252 valence electrons. The van der Waals surface area contributed by atoms with Crippen LogP contribution in [-0.2, 0) is 22.4 Å². The van der Waals surface area contributed by atoms with Crippen LogP contribution < -0.4 is 20.7 Å². The number of benzene rings is 3. The molecule has 3 aromatic carbocycles. The van der Waals surface area contributed by atoms with Crippen molar-refractivity contribution in [1.29, 1.82) is 0 Å². The smallest absolute Gasteiger partial charge is 0.317 e. The number of carbonyl (C=O) groups excluding carboxylic acids is 3. The van der Waals surface area contributed by atoms with Crippen LogP contribution in [0.2, 0.25) is 0 Å². The van der Waals surface area contributed by atoms with Crippen LogP contribution in [0.15, 0.2) is 88.7 Å². The Labute approximate surface area is 286 Å². The third-order valence-corrected chi connectivity index (χ3v) is 9.59. The number of thioether (sulfide) groups is 2. The number of hydrogen-bond donors (Lipinski definition) is 4. The Kier molecular flexibility index (Phi) is 14.3. The molecular weight excluding hydrogens is 633 g/mol. The highest BCUT2D eigenvalue weighted by Gasteiger charge is 2.28. The summed E-state index contributed by atoms with van der Waals surface area (Å²) in [6.45, 7) is 3.51. The van der Waals surface area contributed by atoms with Crippen LogP contribution >= 0.6 is 23.5 Å². The first kappa shape index (κ1) is 36.2. The number of carbonyl (C=O) groups is 3. The molecule has 9 nitrogen and oxygen atoms in total. The molecule has 1 aliphatic rings. The summed E-state index contributed by atoms with van der Waals surface area (Å²) in [5, 5.41) is 20.6. The molecule has 1 aliphatic heterocycles. The maximum atomic E-state index is 13.3. The van der Waals surface area contributed by atoms with Crippen LogP contribution in [0, 0.1) is 5.92 Å². The fraction of sp³-hybridized carbons (Fsp3) is 0.417. The molecule has 1 unspecified atom stereocenters. The maximum absolute atomic E-state index is 13.3. The number of nitrogens with one attached hydrogen (secondary N) is 3. The largest absolute Gasteiger partial charge is 0.481 e. The Hall–Kier alpha value is -3.67. The summed E-state index contributed by atoms with van der Waals surface area (Å²) < 4.78 is 6.03. The van der Waals surface area contributed by atoms with Crippen LogP contribution in [0.4, 0.5) is 4.79 Å². The van der Waals surface area contributed by atoms with Crippen LogP contribution in [-0.4, -0.2) is 84.8 Å². The average molecular weight is 679 g/mol. The molecule has 0 spiro atoms. The Bertz CT molecular complexity index is 1420. The second-order valence-electron chi connectivity index (χ2n) is 11.9. The van der Waals surface area contributed by atoms with Crippen molar-refractivity contribution in [3.63, 3.8) is 0 Å². The first-order valence-electron chi connectivity index (χ1n) is 16.0. The van der Waals surface area contributed by atoms with Gasteiger partial charge in [0, 0.05) is 32.1 Å². The van der Waals surface area contributed by atoms with Crippen LogP contribution in [0.3, 0.4) is 0 Å². The van der Waals surface area contributed by atoms with E-state index in [0.717, 1.165) is 20.9 Å². The van der Waals surface area contributed by atoms with Crippen molar-refractivity contribution in [3.05, 3.63) is 90.0 Å². The van der Waals surface area contributed by atoms with Crippen LogP contribution in [0.1, 0.15) is 30.9 Å². The highest BCUT2D eigenvalue weighted by Crippen LogP contribution is 2.36. The Morgan fingerprint density at radius 1 is 0.894 bits per heavy atom. The molecule has 11 heteroatoms. The minimum absolute atomic E-state index is 0.0332. The summed E-state index contributed by atoms with van der Waals surface area (Å²) in [5.41, 5.74) is 2.00. The normalized spacial score (nSPS) is 15.3. The topological polar surface area (TPSA) is 120 Å². The van der Waals surface area contributed by atoms with Gasteiger partial charge in [0.05, 0.1) is 21.9 Å². The lowest BCUT2D eigenvalue weighted by molar-refractivity contribution is -0.125. The van der Waals surface area contributed by atoms with Crippen molar-refractivity contribution < 1.29 is 24.2 Å². The second kappa shape index (κ2) is 18.6. The number of aliphatic hydroxyl groups excluding tert-OH is 1. The molecule has 0 saturated carbocycles. The highest BCUT2D eigenvalue weighted by atomic mass is 32.2. The first-order chi connectivity index (χ1) is 22.7.